The lowest BCUT2D eigenvalue weighted by atomic mass is 9.67. The number of ether oxygens (including phenoxy) is 1. The average Bonchev–Trinajstić information content (AvgIpc) is 2.90. The largest absolute Gasteiger partial charge is 0.377 e. The number of nitrogens with one attached hydrogen (secondary N) is 1. The summed E-state index contributed by atoms with van der Waals surface area (Å²) < 4.78 is 5.79. The molecule has 3 atom stereocenters. The van der Waals surface area contributed by atoms with Crippen molar-refractivity contribution < 1.29 is 4.74 Å². The standard InChI is InChI=1S/C18H36N2O/c1-5-11-19-17-15(8-6-10-18(17,2)3)13-20(4)14-16-9-7-12-21-16/h15-17,19H,5-14H2,1-4H3. The third-order valence-corrected chi connectivity index (χ3v) is 5.41. The zero-order chi connectivity index (χ0) is 15.3. The van der Waals surface area contributed by atoms with E-state index in [2.05, 4.69) is 38.0 Å². The fourth-order valence-corrected chi connectivity index (χ4v) is 4.33. The van der Waals surface area contributed by atoms with Crippen molar-refractivity contribution in [1.82, 2.24) is 10.2 Å². The predicted octanol–water partition coefficient (Wildman–Crippen LogP) is 3.29. The van der Waals surface area contributed by atoms with E-state index in [-0.39, 0.29) is 0 Å². The van der Waals surface area contributed by atoms with Crippen LogP contribution in [-0.2, 0) is 4.74 Å². The van der Waals surface area contributed by atoms with Crippen LogP contribution in [0.15, 0.2) is 0 Å². The van der Waals surface area contributed by atoms with Gasteiger partial charge in [0.2, 0.25) is 0 Å². The van der Waals surface area contributed by atoms with Gasteiger partial charge < -0.3 is 15.0 Å². The minimum atomic E-state index is 0.433. The maximum atomic E-state index is 5.79. The second kappa shape index (κ2) is 7.94. The Hall–Kier alpha value is -0.120. The van der Waals surface area contributed by atoms with Crippen LogP contribution in [-0.4, -0.2) is 50.3 Å². The van der Waals surface area contributed by atoms with Crippen molar-refractivity contribution >= 4 is 0 Å². The Balaban J connectivity index is 1.88. The van der Waals surface area contributed by atoms with Gasteiger partial charge in [-0.3, -0.25) is 0 Å². The zero-order valence-corrected chi connectivity index (χ0v) is 14.7. The van der Waals surface area contributed by atoms with Crippen LogP contribution in [0.25, 0.3) is 0 Å². The molecule has 124 valence electrons. The summed E-state index contributed by atoms with van der Waals surface area (Å²) in [5.41, 5.74) is 0.433. The summed E-state index contributed by atoms with van der Waals surface area (Å²) in [6.45, 7) is 11.6. The molecule has 1 saturated carbocycles. The Kier molecular flexibility index (Phi) is 6.51. The fraction of sp³-hybridized carbons (Fsp3) is 1.00. The highest BCUT2D eigenvalue weighted by molar-refractivity contribution is 4.94. The highest BCUT2D eigenvalue weighted by atomic mass is 16.5. The summed E-state index contributed by atoms with van der Waals surface area (Å²) in [7, 11) is 2.28. The Bertz CT molecular complexity index is 300. The van der Waals surface area contributed by atoms with E-state index in [1.807, 2.05) is 0 Å². The molecule has 1 aliphatic carbocycles. The van der Waals surface area contributed by atoms with E-state index in [0.717, 1.165) is 25.6 Å². The van der Waals surface area contributed by atoms with E-state index in [0.29, 0.717) is 17.6 Å². The minimum absolute atomic E-state index is 0.433. The number of hydrogen-bond donors (Lipinski definition) is 1. The monoisotopic (exact) mass is 296 g/mol. The third kappa shape index (κ3) is 4.94. The molecule has 21 heavy (non-hydrogen) atoms. The van der Waals surface area contributed by atoms with Crippen LogP contribution in [0.1, 0.15) is 59.3 Å². The smallest absolute Gasteiger partial charge is 0.0702 e. The first-order chi connectivity index (χ1) is 10.0. The first-order valence-corrected chi connectivity index (χ1v) is 9.06. The molecule has 0 aromatic heterocycles. The van der Waals surface area contributed by atoms with Crippen molar-refractivity contribution in [2.75, 3.05) is 33.3 Å². The van der Waals surface area contributed by atoms with Gasteiger partial charge in [-0.15, -0.1) is 0 Å². The lowest BCUT2D eigenvalue weighted by molar-refractivity contribution is 0.0525. The van der Waals surface area contributed by atoms with Crippen molar-refractivity contribution in [2.45, 2.75) is 71.4 Å². The van der Waals surface area contributed by atoms with E-state index in [9.17, 15) is 0 Å². The van der Waals surface area contributed by atoms with Crippen LogP contribution in [0.3, 0.4) is 0 Å². The average molecular weight is 296 g/mol. The minimum Gasteiger partial charge on any atom is -0.377 e. The first kappa shape index (κ1) is 17.2. The molecular weight excluding hydrogens is 260 g/mol. The summed E-state index contributed by atoms with van der Waals surface area (Å²) in [6, 6.07) is 0.665. The van der Waals surface area contributed by atoms with E-state index < -0.39 is 0 Å². The molecule has 3 unspecified atom stereocenters. The summed E-state index contributed by atoms with van der Waals surface area (Å²) >= 11 is 0. The second-order valence-electron chi connectivity index (χ2n) is 7.93. The van der Waals surface area contributed by atoms with Gasteiger partial charge >= 0.3 is 0 Å². The summed E-state index contributed by atoms with van der Waals surface area (Å²) in [5.74, 6) is 0.784. The highest BCUT2D eigenvalue weighted by Crippen LogP contribution is 2.39. The normalized spacial score (nSPS) is 32.7. The molecular formula is C18H36N2O. The fourth-order valence-electron chi connectivity index (χ4n) is 4.33. The third-order valence-electron chi connectivity index (χ3n) is 5.41. The molecule has 0 amide bonds. The zero-order valence-electron chi connectivity index (χ0n) is 14.7. The number of rotatable bonds is 7. The second-order valence-corrected chi connectivity index (χ2v) is 7.93. The number of hydrogen-bond acceptors (Lipinski definition) is 3. The van der Waals surface area contributed by atoms with E-state index in [1.54, 1.807) is 0 Å². The van der Waals surface area contributed by atoms with Crippen LogP contribution in [0, 0.1) is 11.3 Å². The molecule has 1 N–H and O–H groups in total. The van der Waals surface area contributed by atoms with Crippen molar-refractivity contribution in [3.63, 3.8) is 0 Å². The Morgan fingerprint density at radius 3 is 2.67 bits per heavy atom. The maximum Gasteiger partial charge on any atom is 0.0702 e. The lowest BCUT2D eigenvalue weighted by Gasteiger charge is -2.46. The summed E-state index contributed by atoms with van der Waals surface area (Å²) in [5, 5.41) is 3.85. The molecule has 1 aliphatic heterocycles. The Morgan fingerprint density at radius 2 is 2.00 bits per heavy atom. The Labute approximate surface area is 131 Å². The van der Waals surface area contributed by atoms with Crippen LogP contribution >= 0.6 is 0 Å². The molecule has 2 fully saturated rings. The molecule has 0 radical (unpaired) electrons. The van der Waals surface area contributed by atoms with Gasteiger partial charge in [-0.2, -0.15) is 0 Å². The molecule has 1 heterocycles. The lowest BCUT2D eigenvalue weighted by Crippen LogP contribution is -2.53. The molecule has 1 saturated heterocycles. The van der Waals surface area contributed by atoms with Gasteiger partial charge in [-0.1, -0.05) is 27.2 Å². The van der Waals surface area contributed by atoms with Gasteiger partial charge in [-0.05, 0) is 57.0 Å². The van der Waals surface area contributed by atoms with Crippen molar-refractivity contribution in [1.29, 1.82) is 0 Å². The molecule has 0 aromatic rings. The van der Waals surface area contributed by atoms with Gasteiger partial charge in [0.15, 0.2) is 0 Å². The Morgan fingerprint density at radius 1 is 1.19 bits per heavy atom. The van der Waals surface area contributed by atoms with Gasteiger partial charge in [0.05, 0.1) is 6.10 Å². The summed E-state index contributed by atoms with van der Waals surface area (Å²) in [4.78, 5) is 2.52. The molecule has 0 spiro atoms. The van der Waals surface area contributed by atoms with E-state index >= 15 is 0 Å². The van der Waals surface area contributed by atoms with Crippen LogP contribution in [0.5, 0.6) is 0 Å². The van der Waals surface area contributed by atoms with E-state index in [1.165, 1.54) is 45.1 Å². The van der Waals surface area contributed by atoms with Crippen molar-refractivity contribution in [3.8, 4) is 0 Å². The number of nitrogens with zero attached hydrogens (tertiary/aromatic N) is 1. The van der Waals surface area contributed by atoms with Crippen molar-refractivity contribution in [3.05, 3.63) is 0 Å². The topological polar surface area (TPSA) is 24.5 Å². The summed E-state index contributed by atoms with van der Waals surface area (Å²) in [6.07, 6.45) is 8.32. The molecule has 0 aromatic carbocycles. The van der Waals surface area contributed by atoms with Crippen molar-refractivity contribution in [2.24, 2.45) is 11.3 Å². The van der Waals surface area contributed by atoms with Gasteiger partial charge in [0, 0.05) is 25.7 Å². The molecule has 2 rings (SSSR count). The number of likely N-dealkylation sites (N-methyl/N-ethyl adjacent to an activating group) is 1. The van der Waals surface area contributed by atoms with Crippen LogP contribution < -0.4 is 5.32 Å². The van der Waals surface area contributed by atoms with Gasteiger partial charge in [0.25, 0.3) is 0 Å². The molecule has 3 nitrogen and oxygen atoms in total. The van der Waals surface area contributed by atoms with E-state index in [4.69, 9.17) is 4.74 Å². The van der Waals surface area contributed by atoms with Crippen LogP contribution in [0.4, 0.5) is 0 Å². The quantitative estimate of drug-likeness (QED) is 0.780. The first-order valence-electron chi connectivity index (χ1n) is 9.06. The SMILES string of the molecule is CCCNC1C(CN(C)CC2CCCO2)CCCC1(C)C. The van der Waals surface area contributed by atoms with Crippen LogP contribution in [0.2, 0.25) is 0 Å². The molecule has 0 bridgehead atoms. The predicted molar refractivity (Wildman–Crippen MR) is 89.7 cm³/mol. The molecule has 2 aliphatic rings. The van der Waals surface area contributed by atoms with Gasteiger partial charge in [0.1, 0.15) is 0 Å². The maximum absolute atomic E-state index is 5.79. The highest BCUT2D eigenvalue weighted by Gasteiger charge is 2.38. The molecule has 3 heteroatoms. The van der Waals surface area contributed by atoms with Gasteiger partial charge in [-0.25, -0.2) is 0 Å².